The number of benzene rings is 2. The minimum absolute atomic E-state index is 0.0402. The van der Waals surface area contributed by atoms with Crippen LogP contribution < -0.4 is 11.1 Å². The van der Waals surface area contributed by atoms with Crippen LogP contribution in [0.25, 0.3) is 10.9 Å². The van der Waals surface area contributed by atoms with Crippen molar-refractivity contribution in [2.45, 2.75) is 13.1 Å². The number of nitrogens with zero attached hydrogens (tertiary/aromatic N) is 1. The average molecular weight is 279 g/mol. The number of amides is 1. The van der Waals surface area contributed by atoms with E-state index >= 15 is 0 Å². The highest BCUT2D eigenvalue weighted by molar-refractivity contribution is 5.92. The van der Waals surface area contributed by atoms with Gasteiger partial charge in [-0.1, -0.05) is 24.3 Å². The summed E-state index contributed by atoms with van der Waals surface area (Å²) in [5, 5.41) is 3.99. The number of hydrogen-bond donors (Lipinski definition) is 2. The van der Waals surface area contributed by atoms with Crippen molar-refractivity contribution in [3.8, 4) is 0 Å². The van der Waals surface area contributed by atoms with Crippen LogP contribution in [0.1, 0.15) is 5.56 Å². The second-order valence-electron chi connectivity index (χ2n) is 4.96. The van der Waals surface area contributed by atoms with Gasteiger partial charge in [-0.2, -0.15) is 0 Å². The Balaban J connectivity index is 1.77. The highest BCUT2D eigenvalue weighted by atomic mass is 16.1. The van der Waals surface area contributed by atoms with Crippen LogP contribution in [0.4, 0.5) is 5.69 Å². The van der Waals surface area contributed by atoms with Crippen LogP contribution in [-0.2, 0) is 17.9 Å². The van der Waals surface area contributed by atoms with Crippen LogP contribution in [-0.4, -0.2) is 10.5 Å². The molecule has 0 aliphatic heterocycles. The minimum atomic E-state index is -0.0402. The molecule has 21 heavy (non-hydrogen) atoms. The van der Waals surface area contributed by atoms with E-state index in [0.717, 1.165) is 22.2 Å². The fourth-order valence-corrected chi connectivity index (χ4v) is 2.39. The topological polar surface area (TPSA) is 60.0 Å². The summed E-state index contributed by atoms with van der Waals surface area (Å²) >= 11 is 0. The second kappa shape index (κ2) is 5.81. The molecule has 0 bridgehead atoms. The Morgan fingerprint density at radius 1 is 1.10 bits per heavy atom. The Morgan fingerprint density at radius 3 is 2.67 bits per heavy atom. The van der Waals surface area contributed by atoms with Crippen molar-refractivity contribution in [3.05, 3.63) is 66.4 Å². The molecule has 0 saturated heterocycles. The third-order valence-corrected chi connectivity index (χ3v) is 3.44. The van der Waals surface area contributed by atoms with Gasteiger partial charge in [0.2, 0.25) is 5.91 Å². The third kappa shape index (κ3) is 2.95. The molecule has 0 radical (unpaired) electrons. The Morgan fingerprint density at radius 2 is 1.90 bits per heavy atom. The molecule has 0 aliphatic rings. The lowest BCUT2D eigenvalue weighted by atomic mass is 10.1. The van der Waals surface area contributed by atoms with E-state index in [1.165, 1.54) is 0 Å². The van der Waals surface area contributed by atoms with Crippen LogP contribution in [0.2, 0.25) is 0 Å². The van der Waals surface area contributed by atoms with Crippen LogP contribution >= 0.6 is 0 Å². The average Bonchev–Trinajstić information content (AvgIpc) is 2.90. The zero-order chi connectivity index (χ0) is 14.7. The molecule has 0 saturated carbocycles. The van der Waals surface area contributed by atoms with E-state index in [0.29, 0.717) is 13.1 Å². The highest BCUT2D eigenvalue weighted by Gasteiger charge is 2.07. The summed E-state index contributed by atoms with van der Waals surface area (Å²) < 4.78 is 1.94. The first-order valence-electron chi connectivity index (χ1n) is 6.89. The van der Waals surface area contributed by atoms with Gasteiger partial charge in [0.1, 0.15) is 6.54 Å². The van der Waals surface area contributed by atoms with E-state index in [-0.39, 0.29) is 5.91 Å². The van der Waals surface area contributed by atoms with Gasteiger partial charge in [0.25, 0.3) is 0 Å². The standard InChI is InChI=1S/C17H17N3O/c18-11-13-6-7-16-14(10-13)8-9-20(16)12-17(21)19-15-4-2-1-3-5-15/h1-10H,11-12,18H2,(H,19,21). The molecule has 0 atom stereocenters. The van der Waals surface area contributed by atoms with Gasteiger partial charge in [-0.3, -0.25) is 4.79 Å². The maximum absolute atomic E-state index is 12.1. The Kier molecular flexibility index (Phi) is 3.71. The molecule has 3 N–H and O–H groups in total. The van der Waals surface area contributed by atoms with E-state index in [9.17, 15) is 4.79 Å². The lowest BCUT2D eigenvalue weighted by Gasteiger charge is -2.07. The zero-order valence-electron chi connectivity index (χ0n) is 11.6. The van der Waals surface area contributed by atoms with Crippen LogP contribution in [0, 0.1) is 0 Å². The normalized spacial score (nSPS) is 10.7. The summed E-state index contributed by atoms with van der Waals surface area (Å²) in [4.78, 5) is 12.1. The lowest BCUT2D eigenvalue weighted by molar-refractivity contribution is -0.116. The number of carbonyl (C=O) groups excluding carboxylic acids is 1. The minimum Gasteiger partial charge on any atom is -0.338 e. The Labute approximate surface area is 123 Å². The van der Waals surface area contributed by atoms with E-state index in [4.69, 9.17) is 5.73 Å². The summed E-state index contributed by atoms with van der Waals surface area (Å²) in [5.74, 6) is -0.0402. The SMILES string of the molecule is NCc1ccc2c(ccn2CC(=O)Nc2ccccc2)c1. The molecule has 1 heterocycles. The maximum Gasteiger partial charge on any atom is 0.244 e. The van der Waals surface area contributed by atoms with Crippen molar-refractivity contribution in [1.29, 1.82) is 0 Å². The molecule has 0 fully saturated rings. The molecule has 3 rings (SSSR count). The number of aromatic nitrogens is 1. The van der Waals surface area contributed by atoms with Crippen LogP contribution in [0.5, 0.6) is 0 Å². The van der Waals surface area contributed by atoms with E-state index in [2.05, 4.69) is 11.4 Å². The zero-order valence-corrected chi connectivity index (χ0v) is 11.6. The van der Waals surface area contributed by atoms with E-state index in [1.54, 1.807) is 0 Å². The molecule has 1 amide bonds. The number of anilines is 1. The van der Waals surface area contributed by atoms with Gasteiger partial charge in [0.15, 0.2) is 0 Å². The number of fused-ring (bicyclic) bond motifs is 1. The number of carbonyl (C=O) groups is 1. The second-order valence-corrected chi connectivity index (χ2v) is 4.96. The molecular formula is C17H17N3O. The molecule has 2 aromatic carbocycles. The summed E-state index contributed by atoms with van der Waals surface area (Å²) in [7, 11) is 0. The Bertz CT molecular complexity index is 762. The molecule has 1 aromatic heterocycles. The molecule has 106 valence electrons. The van der Waals surface area contributed by atoms with Crippen molar-refractivity contribution < 1.29 is 4.79 Å². The fourth-order valence-electron chi connectivity index (χ4n) is 2.39. The number of rotatable bonds is 4. The molecule has 0 spiro atoms. The third-order valence-electron chi connectivity index (χ3n) is 3.44. The summed E-state index contributed by atoms with van der Waals surface area (Å²) in [6.45, 7) is 0.815. The van der Waals surface area contributed by atoms with Crippen molar-refractivity contribution in [2.24, 2.45) is 5.73 Å². The first kappa shape index (κ1) is 13.4. The summed E-state index contributed by atoms with van der Waals surface area (Å²) in [6.07, 6.45) is 1.93. The van der Waals surface area contributed by atoms with Gasteiger partial charge in [-0.15, -0.1) is 0 Å². The highest BCUT2D eigenvalue weighted by Crippen LogP contribution is 2.18. The summed E-state index contributed by atoms with van der Waals surface area (Å²) in [6, 6.07) is 17.5. The number of para-hydroxylation sites is 1. The van der Waals surface area contributed by atoms with Crippen LogP contribution in [0.3, 0.4) is 0 Å². The van der Waals surface area contributed by atoms with Crippen molar-refractivity contribution in [2.75, 3.05) is 5.32 Å². The molecule has 0 unspecified atom stereocenters. The number of hydrogen-bond acceptors (Lipinski definition) is 2. The van der Waals surface area contributed by atoms with Crippen molar-refractivity contribution >= 4 is 22.5 Å². The van der Waals surface area contributed by atoms with Gasteiger partial charge in [0, 0.05) is 23.9 Å². The van der Waals surface area contributed by atoms with Gasteiger partial charge in [-0.05, 0) is 41.3 Å². The van der Waals surface area contributed by atoms with Crippen molar-refractivity contribution in [1.82, 2.24) is 4.57 Å². The predicted octanol–water partition coefficient (Wildman–Crippen LogP) is 2.74. The smallest absolute Gasteiger partial charge is 0.244 e. The van der Waals surface area contributed by atoms with Crippen LogP contribution in [0.15, 0.2) is 60.8 Å². The maximum atomic E-state index is 12.1. The summed E-state index contributed by atoms with van der Waals surface area (Å²) in [5.41, 5.74) is 8.58. The van der Waals surface area contributed by atoms with E-state index < -0.39 is 0 Å². The largest absolute Gasteiger partial charge is 0.338 e. The molecule has 3 aromatic rings. The van der Waals surface area contributed by atoms with Gasteiger partial charge in [0.05, 0.1) is 0 Å². The monoisotopic (exact) mass is 279 g/mol. The molecule has 0 aliphatic carbocycles. The molecular weight excluding hydrogens is 262 g/mol. The number of nitrogens with one attached hydrogen (secondary N) is 1. The number of nitrogens with two attached hydrogens (primary N) is 1. The lowest BCUT2D eigenvalue weighted by Crippen LogP contribution is -2.18. The molecule has 4 nitrogen and oxygen atoms in total. The first-order valence-corrected chi connectivity index (χ1v) is 6.89. The van der Waals surface area contributed by atoms with Gasteiger partial charge >= 0.3 is 0 Å². The quantitative estimate of drug-likeness (QED) is 0.771. The Hall–Kier alpha value is -2.59. The fraction of sp³-hybridized carbons (Fsp3) is 0.118. The first-order chi connectivity index (χ1) is 10.3. The van der Waals surface area contributed by atoms with Gasteiger partial charge < -0.3 is 15.6 Å². The molecule has 4 heteroatoms. The predicted molar refractivity (Wildman–Crippen MR) is 84.9 cm³/mol. The van der Waals surface area contributed by atoms with Gasteiger partial charge in [-0.25, -0.2) is 0 Å². The van der Waals surface area contributed by atoms with Crippen molar-refractivity contribution in [3.63, 3.8) is 0 Å². The van der Waals surface area contributed by atoms with E-state index in [1.807, 2.05) is 59.3 Å².